The average molecular weight is 227 g/mol. The lowest BCUT2D eigenvalue weighted by atomic mass is 9.25. The first-order valence-corrected chi connectivity index (χ1v) is 6.34. The van der Waals surface area contributed by atoms with E-state index in [4.69, 9.17) is 45.0 Å². The van der Waals surface area contributed by atoms with E-state index in [1.165, 1.54) is 0 Å². The van der Waals surface area contributed by atoms with Crippen LogP contribution in [0.3, 0.4) is 0 Å². The van der Waals surface area contributed by atoms with Gasteiger partial charge < -0.3 is 5.73 Å². The van der Waals surface area contributed by atoms with Gasteiger partial charge in [-0.2, -0.15) is 0 Å². The Bertz CT molecular complexity index is 374. The van der Waals surface area contributed by atoms with Gasteiger partial charge in [0.1, 0.15) is 0 Å². The Morgan fingerprint density at radius 1 is 1.06 bits per heavy atom. The van der Waals surface area contributed by atoms with Crippen LogP contribution in [0.2, 0.25) is 10.4 Å². The molecule has 1 rings (SSSR count). The molecule has 0 unspecified atom stereocenters. The molecule has 76 valence electrons. The van der Waals surface area contributed by atoms with Gasteiger partial charge in [0.2, 0.25) is 10.0 Å². The molecule has 1 aliphatic rings. The van der Waals surface area contributed by atoms with Crippen LogP contribution in [0.5, 0.6) is 0 Å². The zero-order chi connectivity index (χ0) is 13.0. The van der Waals surface area contributed by atoms with Gasteiger partial charge in [-0.3, -0.25) is 0 Å². The lowest BCUT2D eigenvalue weighted by Gasteiger charge is -2.60. The summed E-state index contributed by atoms with van der Waals surface area (Å²) in [6, 6.07) is 0. The molecule has 0 aromatic carbocycles. The highest BCUT2D eigenvalue weighted by atomic mass is 32.2. The van der Waals surface area contributed by atoms with E-state index in [1.807, 2.05) is 0 Å². The summed E-state index contributed by atoms with van der Waals surface area (Å²) >= 11 is 0. The van der Waals surface area contributed by atoms with Crippen LogP contribution < -0.4 is 5.73 Å². The van der Waals surface area contributed by atoms with Crippen LogP contribution >= 0.6 is 0 Å². The minimum atomic E-state index is -3.52. The minimum absolute atomic E-state index is 0.241. The van der Waals surface area contributed by atoms with Gasteiger partial charge in [-0.05, 0) is 5.44 Å². The second-order valence-electron chi connectivity index (χ2n) is 4.48. The van der Waals surface area contributed by atoms with Gasteiger partial charge in [0.15, 0.2) is 0 Å². The maximum atomic E-state index is 11.4. The molecule has 0 atom stereocenters. The van der Waals surface area contributed by atoms with E-state index >= 15 is 0 Å². The molecule has 4 nitrogen and oxygen atoms in total. The van der Waals surface area contributed by atoms with Crippen molar-refractivity contribution < 1.29 is 8.42 Å². The molecule has 1 fully saturated rings. The molecular weight excluding hydrogens is 218 g/mol. The van der Waals surface area contributed by atoms with Crippen LogP contribution in [-0.4, -0.2) is 76.7 Å². The van der Waals surface area contributed by atoms with Crippen molar-refractivity contribution >= 4 is 49.3 Å². The maximum absolute atomic E-state index is 11.4. The summed E-state index contributed by atoms with van der Waals surface area (Å²) in [4.78, 5) is 0. The van der Waals surface area contributed by atoms with Gasteiger partial charge in [0.25, 0.3) is 0 Å². The molecular formula is C6H9B5N2O2S. The van der Waals surface area contributed by atoms with Gasteiger partial charge in [0, 0.05) is 13.1 Å². The Hall–Kier alpha value is 0.195. The number of hydrogen-bond donors (Lipinski definition) is 1. The molecule has 0 saturated carbocycles. The molecule has 1 saturated heterocycles. The highest BCUT2D eigenvalue weighted by molar-refractivity contribution is 7.88. The average Bonchev–Trinajstić information content (AvgIpc) is 1.97. The van der Waals surface area contributed by atoms with E-state index in [2.05, 4.69) is 0 Å². The number of piperidine rings is 1. The Balaban J connectivity index is 3.19. The van der Waals surface area contributed by atoms with Crippen molar-refractivity contribution in [3.63, 3.8) is 0 Å². The SMILES string of the molecule is [B]C1([B])CN(S(C)(=O)=O)CC([B])([B])C1([B])N. The summed E-state index contributed by atoms with van der Waals surface area (Å²) in [6.45, 7) is -0.482. The van der Waals surface area contributed by atoms with Crippen molar-refractivity contribution in [3.05, 3.63) is 0 Å². The number of hydrogen-bond acceptors (Lipinski definition) is 3. The van der Waals surface area contributed by atoms with Crippen molar-refractivity contribution in [2.75, 3.05) is 19.3 Å². The van der Waals surface area contributed by atoms with E-state index in [-0.39, 0.29) is 13.1 Å². The summed E-state index contributed by atoms with van der Waals surface area (Å²) in [5, 5.41) is -3.42. The van der Waals surface area contributed by atoms with E-state index in [9.17, 15) is 8.42 Å². The number of nitrogens with zero attached hydrogens (tertiary/aromatic N) is 1. The summed E-state index contributed by atoms with van der Waals surface area (Å²) in [5.41, 5.74) is 3.92. The molecule has 0 amide bonds. The molecule has 0 aliphatic carbocycles. The molecule has 0 aromatic rings. The standard InChI is InChI=1S/C6H9B5N2O2S/c1-16(14,15)13-2-4(7,8)6(11,12)5(9,10)3-13/h2-3,12H2,1H3. The molecule has 10 radical (unpaired) electrons. The second kappa shape index (κ2) is 3.59. The third-order valence-corrected chi connectivity index (χ3v) is 4.08. The fourth-order valence-corrected chi connectivity index (χ4v) is 2.47. The lowest BCUT2D eigenvalue weighted by Crippen LogP contribution is -2.70. The van der Waals surface area contributed by atoms with Crippen LogP contribution in [0.4, 0.5) is 0 Å². The first-order chi connectivity index (χ1) is 6.81. The highest BCUT2D eigenvalue weighted by Gasteiger charge is 2.52. The Morgan fingerprint density at radius 3 is 1.62 bits per heavy atom. The molecule has 16 heavy (non-hydrogen) atoms. The fraction of sp³-hybridized carbons (Fsp3) is 1.00. The normalized spacial score (nSPS) is 28.6. The molecule has 0 bridgehead atoms. The summed E-state index contributed by atoms with van der Waals surface area (Å²) in [7, 11) is 24.9. The summed E-state index contributed by atoms with van der Waals surface area (Å²) in [5.74, 6) is 0. The molecule has 1 aliphatic heterocycles. The van der Waals surface area contributed by atoms with Crippen molar-refractivity contribution in [3.8, 4) is 0 Å². The van der Waals surface area contributed by atoms with Gasteiger partial charge in [-0.1, -0.05) is 10.4 Å². The van der Waals surface area contributed by atoms with Gasteiger partial charge in [0.05, 0.1) is 45.5 Å². The summed E-state index contributed by atoms with van der Waals surface area (Å²) in [6.07, 6.45) is 0.999. The van der Waals surface area contributed by atoms with Crippen molar-refractivity contribution in [2.24, 2.45) is 5.73 Å². The van der Waals surface area contributed by atoms with E-state index in [1.54, 1.807) is 0 Å². The third-order valence-electron chi connectivity index (χ3n) is 2.89. The Morgan fingerprint density at radius 2 is 1.38 bits per heavy atom. The van der Waals surface area contributed by atoms with E-state index in [0.29, 0.717) is 0 Å². The third kappa shape index (κ3) is 2.11. The van der Waals surface area contributed by atoms with Crippen LogP contribution in [0, 0.1) is 0 Å². The van der Waals surface area contributed by atoms with Gasteiger partial charge >= 0.3 is 0 Å². The van der Waals surface area contributed by atoms with Gasteiger partial charge in [-0.15, -0.1) is 0 Å². The largest absolute Gasteiger partial charge is 0.335 e. The van der Waals surface area contributed by atoms with Crippen molar-refractivity contribution in [1.82, 2.24) is 4.31 Å². The molecule has 10 heteroatoms. The minimum Gasteiger partial charge on any atom is -0.335 e. The highest BCUT2D eigenvalue weighted by Crippen LogP contribution is 2.47. The van der Waals surface area contributed by atoms with Crippen LogP contribution in [0.1, 0.15) is 0 Å². The van der Waals surface area contributed by atoms with Crippen molar-refractivity contribution in [1.29, 1.82) is 0 Å². The van der Waals surface area contributed by atoms with Crippen molar-refractivity contribution in [2.45, 2.75) is 15.9 Å². The predicted molar refractivity (Wildman–Crippen MR) is 67.5 cm³/mol. The smallest absolute Gasteiger partial charge is 0.211 e. The molecule has 2 N–H and O–H groups in total. The Kier molecular flexibility index (Phi) is 3.20. The maximum Gasteiger partial charge on any atom is 0.211 e. The lowest BCUT2D eigenvalue weighted by molar-refractivity contribution is 0.257. The number of nitrogens with two attached hydrogens (primary N) is 1. The van der Waals surface area contributed by atoms with Crippen LogP contribution in [0.25, 0.3) is 0 Å². The first-order valence-electron chi connectivity index (χ1n) is 4.50. The molecule has 0 aromatic heterocycles. The predicted octanol–water partition coefficient (Wildman–Crippen LogP) is -3.01. The molecule has 0 spiro atoms. The monoisotopic (exact) mass is 228 g/mol. The zero-order valence-corrected chi connectivity index (χ0v) is 9.87. The topological polar surface area (TPSA) is 63.4 Å². The quantitative estimate of drug-likeness (QED) is 0.485. The summed E-state index contributed by atoms with van der Waals surface area (Å²) < 4.78 is 23.8. The zero-order valence-electron chi connectivity index (χ0n) is 9.05. The van der Waals surface area contributed by atoms with Crippen LogP contribution in [-0.2, 0) is 10.0 Å². The fourth-order valence-electron chi connectivity index (χ4n) is 1.57. The number of rotatable bonds is 1. The van der Waals surface area contributed by atoms with E-state index in [0.717, 1.165) is 10.6 Å². The molecule has 1 heterocycles. The first kappa shape index (κ1) is 14.3. The van der Waals surface area contributed by atoms with E-state index < -0.39 is 25.9 Å². The number of sulfonamides is 1. The Labute approximate surface area is 103 Å². The van der Waals surface area contributed by atoms with Gasteiger partial charge in [-0.25, -0.2) is 12.7 Å². The second-order valence-corrected chi connectivity index (χ2v) is 6.46. The van der Waals surface area contributed by atoms with Crippen LogP contribution in [0.15, 0.2) is 0 Å².